The van der Waals surface area contributed by atoms with Gasteiger partial charge in [0.1, 0.15) is 0 Å². The number of carbonyl (C=O) groups excluding carboxylic acids is 1. The molecule has 28 heavy (non-hydrogen) atoms. The Bertz CT molecular complexity index is 798. The lowest BCUT2D eigenvalue weighted by Crippen LogP contribution is -2.45. The van der Waals surface area contributed by atoms with Crippen molar-refractivity contribution in [3.05, 3.63) is 48.3 Å². The predicted octanol–water partition coefficient (Wildman–Crippen LogP) is 1.84. The Morgan fingerprint density at radius 2 is 2.11 bits per heavy atom. The first kappa shape index (κ1) is 19.9. The van der Waals surface area contributed by atoms with Gasteiger partial charge in [-0.05, 0) is 30.5 Å². The van der Waals surface area contributed by atoms with Crippen molar-refractivity contribution in [1.29, 1.82) is 0 Å². The highest BCUT2D eigenvalue weighted by Crippen LogP contribution is 2.12. The summed E-state index contributed by atoms with van der Waals surface area (Å²) in [6.07, 6.45) is 5.76. The molecule has 0 bridgehead atoms. The Morgan fingerprint density at radius 1 is 1.32 bits per heavy atom. The van der Waals surface area contributed by atoms with Crippen LogP contribution in [-0.2, 0) is 11.2 Å². The van der Waals surface area contributed by atoms with Gasteiger partial charge in [0.05, 0.1) is 11.9 Å². The molecule has 0 aliphatic carbocycles. The number of nitrogens with zero attached hydrogens (tertiary/aromatic N) is 4. The molecular weight excluding hydrogens is 352 g/mol. The molecule has 0 radical (unpaired) electrons. The molecule has 0 spiro atoms. The van der Waals surface area contributed by atoms with E-state index in [9.17, 15) is 4.79 Å². The number of nitrogens with one attached hydrogen (secondary N) is 2. The van der Waals surface area contributed by atoms with Gasteiger partial charge in [-0.1, -0.05) is 32.0 Å². The minimum absolute atomic E-state index is 0.0491. The van der Waals surface area contributed by atoms with E-state index >= 15 is 0 Å². The first-order valence-corrected chi connectivity index (χ1v) is 9.91. The molecular formula is C21H30N6O. The molecule has 2 N–H and O–H groups in total. The van der Waals surface area contributed by atoms with E-state index in [1.165, 1.54) is 5.56 Å². The van der Waals surface area contributed by atoms with Gasteiger partial charge >= 0.3 is 0 Å². The number of guanidine groups is 1. The molecule has 1 aromatic carbocycles. The fourth-order valence-electron chi connectivity index (χ4n) is 3.37. The fraction of sp³-hybridized carbons (Fsp3) is 0.476. The summed E-state index contributed by atoms with van der Waals surface area (Å²) >= 11 is 0. The van der Waals surface area contributed by atoms with Crippen molar-refractivity contribution >= 4 is 11.9 Å². The number of rotatable bonds is 6. The molecule has 0 saturated carbocycles. The highest BCUT2D eigenvalue weighted by molar-refractivity contribution is 5.81. The molecule has 1 fully saturated rings. The zero-order valence-electron chi connectivity index (χ0n) is 16.9. The number of para-hydroxylation sites is 1. The topological polar surface area (TPSA) is 74.6 Å². The maximum atomic E-state index is 12.1. The molecule has 1 atom stereocenters. The van der Waals surface area contributed by atoms with Crippen LogP contribution in [0.25, 0.3) is 5.69 Å². The van der Waals surface area contributed by atoms with Crippen LogP contribution in [0.2, 0.25) is 0 Å². The van der Waals surface area contributed by atoms with Crippen LogP contribution in [0.15, 0.2) is 47.7 Å². The number of hydrogen-bond donors (Lipinski definition) is 2. The van der Waals surface area contributed by atoms with Crippen LogP contribution in [0.1, 0.15) is 25.8 Å². The maximum absolute atomic E-state index is 12.1. The lowest BCUT2D eigenvalue weighted by Gasteiger charge is -2.20. The van der Waals surface area contributed by atoms with Crippen molar-refractivity contribution in [2.24, 2.45) is 10.9 Å². The third-order valence-corrected chi connectivity index (χ3v) is 4.92. The number of likely N-dealkylation sites (tertiary alicyclic amines) is 1. The molecule has 1 aromatic heterocycles. The second kappa shape index (κ2) is 9.39. The summed E-state index contributed by atoms with van der Waals surface area (Å²) in [6.45, 7) is 6.21. The van der Waals surface area contributed by atoms with E-state index in [4.69, 9.17) is 0 Å². The molecule has 1 amide bonds. The van der Waals surface area contributed by atoms with Crippen molar-refractivity contribution in [1.82, 2.24) is 25.3 Å². The highest BCUT2D eigenvalue weighted by Gasteiger charge is 2.27. The Hall–Kier alpha value is -2.83. The molecule has 7 nitrogen and oxygen atoms in total. The van der Waals surface area contributed by atoms with Crippen molar-refractivity contribution in [2.75, 3.05) is 26.7 Å². The monoisotopic (exact) mass is 382 g/mol. The first-order chi connectivity index (χ1) is 13.6. The number of aromatic nitrogens is 2. The van der Waals surface area contributed by atoms with E-state index in [2.05, 4.69) is 26.9 Å². The Labute approximate surface area is 166 Å². The summed E-state index contributed by atoms with van der Waals surface area (Å²) in [5.41, 5.74) is 2.22. The molecule has 1 aliphatic heterocycles. The lowest BCUT2D eigenvalue weighted by molar-refractivity contribution is -0.133. The zero-order valence-corrected chi connectivity index (χ0v) is 16.9. The third kappa shape index (κ3) is 5.12. The predicted molar refractivity (Wildman–Crippen MR) is 112 cm³/mol. The number of amides is 1. The van der Waals surface area contributed by atoms with Crippen LogP contribution < -0.4 is 10.6 Å². The van der Waals surface area contributed by atoms with Crippen LogP contribution in [0, 0.1) is 5.92 Å². The quantitative estimate of drug-likeness (QED) is 0.591. The van der Waals surface area contributed by atoms with Crippen molar-refractivity contribution < 1.29 is 4.79 Å². The van der Waals surface area contributed by atoms with Crippen LogP contribution in [0.3, 0.4) is 0 Å². The standard InChI is InChI=1S/C21H30N6O/c1-16(2)20(28)26-12-10-18(15-26)25-21(22-3)23-11-9-17-13-24-27(14-17)19-7-5-4-6-8-19/h4-8,13-14,16,18H,9-12,15H2,1-3H3,(H2,22,23,25). The highest BCUT2D eigenvalue weighted by atomic mass is 16.2. The van der Waals surface area contributed by atoms with Crippen LogP contribution >= 0.6 is 0 Å². The van der Waals surface area contributed by atoms with Gasteiger partial charge in [0.15, 0.2) is 5.96 Å². The van der Waals surface area contributed by atoms with Gasteiger partial charge in [-0.25, -0.2) is 4.68 Å². The normalized spacial score (nSPS) is 17.2. The van der Waals surface area contributed by atoms with E-state index in [1.807, 2.05) is 60.0 Å². The summed E-state index contributed by atoms with van der Waals surface area (Å²) in [6, 6.07) is 10.3. The average Bonchev–Trinajstić information content (AvgIpc) is 3.37. The largest absolute Gasteiger partial charge is 0.356 e. The average molecular weight is 383 g/mol. The smallest absolute Gasteiger partial charge is 0.225 e. The molecule has 1 aliphatic rings. The second-order valence-electron chi connectivity index (χ2n) is 7.45. The summed E-state index contributed by atoms with van der Waals surface area (Å²) in [5.74, 6) is 1.05. The van der Waals surface area contributed by atoms with Crippen LogP contribution in [-0.4, -0.2) is 59.3 Å². The zero-order chi connectivity index (χ0) is 19.9. The molecule has 1 unspecified atom stereocenters. The first-order valence-electron chi connectivity index (χ1n) is 9.91. The maximum Gasteiger partial charge on any atom is 0.225 e. The van der Waals surface area contributed by atoms with E-state index in [1.54, 1.807) is 7.05 Å². The molecule has 3 rings (SSSR count). The van der Waals surface area contributed by atoms with Gasteiger partial charge in [0, 0.05) is 44.8 Å². The summed E-state index contributed by atoms with van der Waals surface area (Å²) in [5, 5.41) is 11.2. The minimum Gasteiger partial charge on any atom is -0.356 e. The van der Waals surface area contributed by atoms with Crippen LogP contribution in [0.5, 0.6) is 0 Å². The van der Waals surface area contributed by atoms with Crippen LogP contribution in [0.4, 0.5) is 0 Å². The van der Waals surface area contributed by atoms with E-state index in [-0.39, 0.29) is 17.9 Å². The lowest BCUT2D eigenvalue weighted by atomic mass is 10.2. The number of benzene rings is 1. The Kier molecular flexibility index (Phi) is 6.68. The molecule has 2 aromatic rings. The van der Waals surface area contributed by atoms with Crippen molar-refractivity contribution in [2.45, 2.75) is 32.7 Å². The Balaban J connectivity index is 1.44. The number of hydrogen-bond acceptors (Lipinski definition) is 3. The summed E-state index contributed by atoms with van der Waals surface area (Å²) in [7, 11) is 1.77. The summed E-state index contributed by atoms with van der Waals surface area (Å²) < 4.78 is 1.89. The molecule has 2 heterocycles. The van der Waals surface area contributed by atoms with Gasteiger partial charge in [-0.2, -0.15) is 5.10 Å². The van der Waals surface area contributed by atoms with Gasteiger partial charge in [0.25, 0.3) is 0 Å². The minimum atomic E-state index is 0.0491. The van der Waals surface area contributed by atoms with E-state index in [0.717, 1.165) is 44.1 Å². The Morgan fingerprint density at radius 3 is 2.82 bits per heavy atom. The fourth-order valence-corrected chi connectivity index (χ4v) is 3.37. The number of carbonyl (C=O) groups is 1. The molecule has 150 valence electrons. The van der Waals surface area contributed by atoms with Gasteiger partial charge in [-0.3, -0.25) is 9.79 Å². The van der Waals surface area contributed by atoms with E-state index < -0.39 is 0 Å². The third-order valence-electron chi connectivity index (χ3n) is 4.92. The van der Waals surface area contributed by atoms with Crippen molar-refractivity contribution in [3.63, 3.8) is 0 Å². The van der Waals surface area contributed by atoms with Gasteiger partial charge in [0.2, 0.25) is 5.91 Å². The van der Waals surface area contributed by atoms with Gasteiger partial charge in [-0.15, -0.1) is 0 Å². The SMILES string of the molecule is CN=C(NCCc1cnn(-c2ccccc2)c1)NC1CCN(C(=O)C(C)C)C1. The molecule has 1 saturated heterocycles. The summed E-state index contributed by atoms with van der Waals surface area (Å²) in [4.78, 5) is 18.4. The number of aliphatic imine (C=N–C) groups is 1. The second-order valence-corrected chi connectivity index (χ2v) is 7.45. The van der Waals surface area contributed by atoms with Gasteiger partial charge < -0.3 is 15.5 Å². The van der Waals surface area contributed by atoms with E-state index in [0.29, 0.717) is 0 Å². The molecule has 7 heteroatoms. The van der Waals surface area contributed by atoms with Crippen molar-refractivity contribution in [3.8, 4) is 5.69 Å².